The van der Waals surface area contributed by atoms with E-state index in [4.69, 9.17) is 4.74 Å². The van der Waals surface area contributed by atoms with Crippen molar-refractivity contribution in [3.8, 4) is 5.69 Å². The predicted octanol–water partition coefficient (Wildman–Crippen LogP) is 2.37. The highest BCUT2D eigenvalue weighted by molar-refractivity contribution is 5.90. The Bertz CT molecular complexity index is 1340. The number of nitrogens with zero attached hydrogens (tertiary/aromatic N) is 4. The first-order chi connectivity index (χ1) is 15.0. The molecule has 3 aromatic heterocycles. The van der Waals surface area contributed by atoms with Gasteiger partial charge >= 0.3 is 11.7 Å². The lowest BCUT2D eigenvalue weighted by Crippen LogP contribution is -2.31. The molecule has 1 N–H and O–H groups in total. The van der Waals surface area contributed by atoms with Gasteiger partial charge < -0.3 is 13.9 Å². The van der Waals surface area contributed by atoms with Crippen LogP contribution in [0.1, 0.15) is 35.9 Å². The van der Waals surface area contributed by atoms with E-state index in [1.165, 1.54) is 4.57 Å². The summed E-state index contributed by atoms with van der Waals surface area (Å²) in [6, 6.07) is 10.9. The van der Waals surface area contributed by atoms with Crippen molar-refractivity contribution in [2.24, 2.45) is 7.05 Å². The number of carbonyl (C=O) groups is 1. The number of aryl methyl sites for hydroxylation is 2. The fraction of sp³-hybridized carbons (Fsp3) is 0.273. The monoisotopic (exact) mass is 421 g/mol. The summed E-state index contributed by atoms with van der Waals surface area (Å²) in [7, 11) is 1.66. The van der Waals surface area contributed by atoms with Crippen LogP contribution in [0.25, 0.3) is 16.9 Å². The number of hydrogen-bond donors (Lipinski definition) is 1. The highest BCUT2D eigenvalue weighted by Crippen LogP contribution is 2.15. The first-order valence-electron chi connectivity index (χ1n) is 10.1. The summed E-state index contributed by atoms with van der Waals surface area (Å²) in [6.07, 6.45) is 5.45. The van der Waals surface area contributed by atoms with E-state index in [1.807, 2.05) is 42.1 Å². The van der Waals surface area contributed by atoms with Gasteiger partial charge in [-0.1, -0.05) is 19.4 Å². The number of H-pyrrole nitrogens is 1. The normalized spacial score (nSPS) is 11.2. The van der Waals surface area contributed by atoms with Crippen LogP contribution in [-0.2, 0) is 24.9 Å². The molecule has 0 saturated carbocycles. The molecule has 0 aliphatic rings. The summed E-state index contributed by atoms with van der Waals surface area (Å²) < 4.78 is 10.4. The van der Waals surface area contributed by atoms with Crippen molar-refractivity contribution in [3.05, 3.63) is 81.0 Å². The summed E-state index contributed by atoms with van der Waals surface area (Å²) in [5.74, 6) is -0.121. The number of unbranched alkanes of at least 4 members (excludes halogenated alkanes) is 1. The molecule has 4 aromatic rings. The molecule has 0 radical (unpaired) electrons. The van der Waals surface area contributed by atoms with Crippen LogP contribution in [-0.4, -0.2) is 29.6 Å². The maximum atomic E-state index is 12.6. The van der Waals surface area contributed by atoms with Gasteiger partial charge in [0.05, 0.1) is 5.56 Å². The third-order valence-electron chi connectivity index (χ3n) is 5.16. The number of ether oxygens (including phenoxy) is 1. The van der Waals surface area contributed by atoms with E-state index in [-0.39, 0.29) is 12.1 Å². The molecule has 1 aromatic carbocycles. The number of esters is 1. The number of aromatic nitrogens is 5. The second-order valence-corrected chi connectivity index (χ2v) is 7.24. The number of imidazole rings is 1. The zero-order valence-corrected chi connectivity index (χ0v) is 17.4. The van der Waals surface area contributed by atoms with Crippen LogP contribution in [0, 0.1) is 0 Å². The number of carbonyl (C=O) groups excluding carboxylic acids is 1. The molecule has 0 atom stereocenters. The largest absolute Gasteiger partial charge is 0.454 e. The Hall–Kier alpha value is -3.88. The Morgan fingerprint density at radius 1 is 1.16 bits per heavy atom. The van der Waals surface area contributed by atoms with Crippen molar-refractivity contribution in [3.63, 3.8) is 0 Å². The van der Waals surface area contributed by atoms with E-state index in [9.17, 15) is 14.4 Å². The number of fused-ring (bicyclic) bond motifs is 1. The lowest BCUT2D eigenvalue weighted by atomic mass is 10.2. The topological polar surface area (TPSA) is 104 Å². The number of aromatic amines is 1. The van der Waals surface area contributed by atoms with Gasteiger partial charge in [0.2, 0.25) is 0 Å². The first-order valence-corrected chi connectivity index (χ1v) is 10.1. The molecule has 160 valence electrons. The molecule has 3 heterocycles. The molecule has 0 saturated heterocycles. The van der Waals surface area contributed by atoms with Crippen LogP contribution < -0.4 is 11.2 Å². The summed E-state index contributed by atoms with van der Waals surface area (Å²) in [6.45, 7) is 2.34. The van der Waals surface area contributed by atoms with Gasteiger partial charge in [-0.25, -0.2) is 14.6 Å². The summed E-state index contributed by atoms with van der Waals surface area (Å²) >= 11 is 0. The molecule has 0 fully saturated rings. The van der Waals surface area contributed by atoms with Crippen molar-refractivity contribution >= 4 is 17.1 Å². The summed E-state index contributed by atoms with van der Waals surface area (Å²) in [4.78, 5) is 43.9. The molecular weight excluding hydrogens is 398 g/mol. The average molecular weight is 421 g/mol. The number of hydrogen-bond acceptors (Lipinski definition) is 5. The van der Waals surface area contributed by atoms with Crippen molar-refractivity contribution in [2.45, 2.75) is 32.9 Å². The highest BCUT2D eigenvalue weighted by Gasteiger charge is 2.18. The van der Waals surface area contributed by atoms with Crippen molar-refractivity contribution in [1.82, 2.24) is 23.7 Å². The standard InChI is InChI=1S/C22H23N5O4/c1-3-4-12-27-19-18(20(28)24-22(27)30)25(2)17(23-19)14-31-21(29)15-8-7-9-16(13-15)26-10-5-6-11-26/h5-11,13H,3-4,12,14H2,1-2H3,(H,24,28,30). The molecule has 0 aliphatic heterocycles. The van der Waals surface area contributed by atoms with Gasteiger partial charge in [-0.05, 0) is 36.8 Å². The fourth-order valence-electron chi connectivity index (χ4n) is 3.46. The Balaban J connectivity index is 1.59. The quantitative estimate of drug-likeness (QED) is 0.462. The second-order valence-electron chi connectivity index (χ2n) is 7.24. The van der Waals surface area contributed by atoms with Crippen molar-refractivity contribution < 1.29 is 9.53 Å². The van der Waals surface area contributed by atoms with Gasteiger partial charge in [0.25, 0.3) is 5.56 Å². The minimum absolute atomic E-state index is 0.126. The van der Waals surface area contributed by atoms with Crippen LogP contribution in [0.5, 0.6) is 0 Å². The molecule has 9 nitrogen and oxygen atoms in total. The molecule has 0 amide bonds. The van der Waals surface area contributed by atoms with Crippen molar-refractivity contribution in [2.75, 3.05) is 0 Å². The fourth-order valence-corrected chi connectivity index (χ4v) is 3.46. The Kier molecular flexibility index (Phi) is 5.57. The van der Waals surface area contributed by atoms with Crippen LogP contribution in [0.15, 0.2) is 58.4 Å². The highest BCUT2D eigenvalue weighted by atomic mass is 16.5. The Morgan fingerprint density at radius 3 is 2.68 bits per heavy atom. The number of nitrogens with one attached hydrogen (secondary N) is 1. The van der Waals surface area contributed by atoms with Gasteiger partial charge in [0.1, 0.15) is 12.4 Å². The average Bonchev–Trinajstić information content (AvgIpc) is 3.41. The van der Waals surface area contributed by atoms with Crippen LogP contribution in [0.4, 0.5) is 0 Å². The van der Waals surface area contributed by atoms with Crippen LogP contribution in [0.3, 0.4) is 0 Å². The molecule has 9 heteroatoms. The molecular formula is C22H23N5O4. The molecule has 0 aliphatic carbocycles. The first kappa shape index (κ1) is 20.4. The maximum absolute atomic E-state index is 12.6. The third-order valence-corrected chi connectivity index (χ3v) is 5.16. The van der Waals surface area contributed by atoms with E-state index in [0.29, 0.717) is 23.6 Å². The lowest BCUT2D eigenvalue weighted by Gasteiger charge is -2.07. The van der Waals surface area contributed by atoms with Gasteiger partial charge in [0.15, 0.2) is 11.2 Å². The van der Waals surface area contributed by atoms with Crippen molar-refractivity contribution in [1.29, 1.82) is 0 Å². The minimum Gasteiger partial charge on any atom is -0.454 e. The van der Waals surface area contributed by atoms with E-state index < -0.39 is 17.2 Å². The van der Waals surface area contributed by atoms with E-state index in [0.717, 1.165) is 18.5 Å². The van der Waals surface area contributed by atoms with E-state index >= 15 is 0 Å². The van der Waals surface area contributed by atoms with E-state index in [2.05, 4.69) is 9.97 Å². The predicted molar refractivity (Wildman–Crippen MR) is 115 cm³/mol. The lowest BCUT2D eigenvalue weighted by molar-refractivity contribution is 0.0459. The van der Waals surface area contributed by atoms with Gasteiger partial charge in [0, 0.05) is 31.7 Å². The van der Waals surface area contributed by atoms with Crippen LogP contribution >= 0.6 is 0 Å². The van der Waals surface area contributed by atoms with Gasteiger partial charge in [-0.3, -0.25) is 14.3 Å². The molecule has 4 rings (SSSR count). The van der Waals surface area contributed by atoms with Gasteiger partial charge in [-0.2, -0.15) is 0 Å². The maximum Gasteiger partial charge on any atom is 0.338 e. The zero-order valence-electron chi connectivity index (χ0n) is 17.4. The zero-order chi connectivity index (χ0) is 22.0. The van der Waals surface area contributed by atoms with E-state index in [1.54, 1.807) is 29.8 Å². The Labute approximate surface area is 177 Å². The Morgan fingerprint density at radius 2 is 1.94 bits per heavy atom. The second kappa shape index (κ2) is 8.47. The van der Waals surface area contributed by atoms with Crippen LogP contribution in [0.2, 0.25) is 0 Å². The summed E-state index contributed by atoms with van der Waals surface area (Å²) in [5.41, 5.74) is 0.812. The third kappa shape index (κ3) is 3.94. The minimum atomic E-state index is -0.514. The smallest absolute Gasteiger partial charge is 0.338 e. The number of rotatable bonds is 7. The molecule has 31 heavy (non-hydrogen) atoms. The SMILES string of the molecule is CCCCn1c(=O)[nH]c(=O)c2c1nc(COC(=O)c1cccc(-n3cccc3)c1)n2C. The van der Waals surface area contributed by atoms with Gasteiger partial charge in [-0.15, -0.1) is 0 Å². The molecule has 0 bridgehead atoms. The number of benzene rings is 1. The molecule has 0 spiro atoms. The summed E-state index contributed by atoms with van der Waals surface area (Å²) in [5, 5.41) is 0. The molecule has 0 unspecified atom stereocenters.